The number of carbonyl (C=O) groups is 1. The average Bonchev–Trinajstić information content (AvgIpc) is 2.74. The summed E-state index contributed by atoms with van der Waals surface area (Å²) in [6, 6.07) is 13.8. The van der Waals surface area contributed by atoms with E-state index >= 15 is 0 Å². The van der Waals surface area contributed by atoms with Crippen molar-refractivity contribution in [2.24, 2.45) is 0 Å². The van der Waals surface area contributed by atoms with Crippen LogP contribution in [0.3, 0.4) is 0 Å². The molecule has 8 nitrogen and oxygen atoms in total. The first-order valence-electron chi connectivity index (χ1n) is 9.62. The molecule has 1 aliphatic rings. The molecule has 0 bridgehead atoms. The summed E-state index contributed by atoms with van der Waals surface area (Å²) in [5, 5.41) is 13.9. The summed E-state index contributed by atoms with van der Waals surface area (Å²) >= 11 is 0. The molecule has 3 rings (SSSR count). The van der Waals surface area contributed by atoms with Crippen LogP contribution in [-0.2, 0) is 16.1 Å². The van der Waals surface area contributed by atoms with Crippen LogP contribution in [0.4, 0.5) is 17.1 Å². The summed E-state index contributed by atoms with van der Waals surface area (Å²) in [6.07, 6.45) is 0. The summed E-state index contributed by atoms with van der Waals surface area (Å²) in [7, 11) is 1.87. The summed E-state index contributed by atoms with van der Waals surface area (Å²) in [5.74, 6) is -0.286. The van der Waals surface area contributed by atoms with Gasteiger partial charge in [-0.05, 0) is 31.7 Å². The lowest BCUT2D eigenvalue weighted by atomic mass is 10.1. The van der Waals surface area contributed by atoms with Gasteiger partial charge < -0.3 is 15.0 Å². The molecule has 2 aromatic carbocycles. The molecule has 8 heteroatoms. The van der Waals surface area contributed by atoms with Gasteiger partial charge in [-0.1, -0.05) is 30.3 Å². The Morgan fingerprint density at radius 1 is 1.21 bits per heavy atom. The van der Waals surface area contributed by atoms with Gasteiger partial charge in [0.05, 0.1) is 24.2 Å². The zero-order valence-corrected chi connectivity index (χ0v) is 16.7. The largest absolute Gasteiger partial charge is 0.378 e. The topological polar surface area (TPSA) is 87.9 Å². The molecule has 154 valence electrons. The molecule has 1 N–H and O–H groups in total. The van der Waals surface area contributed by atoms with E-state index in [-0.39, 0.29) is 17.3 Å². The van der Waals surface area contributed by atoms with Crippen LogP contribution in [0.1, 0.15) is 12.5 Å². The van der Waals surface area contributed by atoms with Crippen LogP contribution in [0.5, 0.6) is 0 Å². The fourth-order valence-corrected chi connectivity index (χ4v) is 3.34. The van der Waals surface area contributed by atoms with E-state index in [1.807, 2.05) is 24.1 Å². The Morgan fingerprint density at radius 3 is 2.59 bits per heavy atom. The molecule has 0 aliphatic carbocycles. The van der Waals surface area contributed by atoms with Crippen molar-refractivity contribution >= 4 is 23.0 Å². The maximum Gasteiger partial charge on any atom is 0.292 e. The van der Waals surface area contributed by atoms with Crippen molar-refractivity contribution in [1.82, 2.24) is 4.90 Å². The van der Waals surface area contributed by atoms with Gasteiger partial charge in [0, 0.05) is 31.4 Å². The fourth-order valence-electron chi connectivity index (χ4n) is 3.34. The third kappa shape index (κ3) is 5.10. The Balaban J connectivity index is 1.69. The van der Waals surface area contributed by atoms with Crippen LogP contribution in [0, 0.1) is 10.1 Å². The van der Waals surface area contributed by atoms with E-state index in [1.165, 1.54) is 12.1 Å². The van der Waals surface area contributed by atoms with Crippen molar-refractivity contribution in [2.75, 3.05) is 43.6 Å². The minimum Gasteiger partial charge on any atom is -0.378 e. The molecule has 1 heterocycles. The van der Waals surface area contributed by atoms with Crippen LogP contribution < -0.4 is 10.2 Å². The molecule has 1 saturated heterocycles. The number of carbonyl (C=O) groups excluding carboxylic acids is 1. The number of para-hydroxylation sites is 3. The van der Waals surface area contributed by atoms with E-state index in [0.717, 1.165) is 24.3 Å². The van der Waals surface area contributed by atoms with Gasteiger partial charge >= 0.3 is 0 Å². The molecule has 0 radical (unpaired) electrons. The van der Waals surface area contributed by atoms with Gasteiger partial charge in [0.25, 0.3) is 5.69 Å². The standard InChI is InChI=1S/C21H26N4O4/c1-16(21(26)22-18-8-4-6-10-20(18)25(27)28)23(2)15-17-7-3-5-9-19(17)24-11-13-29-14-12-24/h3-10,16H,11-15H2,1-2H3,(H,22,26)/t16-/m0/s1. The fraction of sp³-hybridized carbons (Fsp3) is 0.381. The van der Waals surface area contributed by atoms with Gasteiger partial charge in [-0.2, -0.15) is 0 Å². The van der Waals surface area contributed by atoms with E-state index in [9.17, 15) is 14.9 Å². The number of likely N-dealkylation sites (N-methyl/N-ethyl adjacent to an activating group) is 1. The molecule has 1 atom stereocenters. The maximum absolute atomic E-state index is 12.7. The Morgan fingerprint density at radius 2 is 1.86 bits per heavy atom. The molecule has 0 aromatic heterocycles. The minimum absolute atomic E-state index is 0.117. The zero-order chi connectivity index (χ0) is 20.8. The number of morpholine rings is 1. The molecule has 1 aliphatic heterocycles. The average molecular weight is 398 g/mol. The van der Waals surface area contributed by atoms with Crippen molar-refractivity contribution < 1.29 is 14.5 Å². The summed E-state index contributed by atoms with van der Waals surface area (Å²) < 4.78 is 5.44. The Labute approximate surface area is 170 Å². The highest BCUT2D eigenvalue weighted by Crippen LogP contribution is 2.25. The molecular weight excluding hydrogens is 372 g/mol. The molecule has 1 fully saturated rings. The van der Waals surface area contributed by atoms with E-state index in [1.54, 1.807) is 19.1 Å². The highest BCUT2D eigenvalue weighted by atomic mass is 16.6. The molecular formula is C21H26N4O4. The third-order valence-corrected chi connectivity index (χ3v) is 5.16. The molecule has 0 spiro atoms. The zero-order valence-electron chi connectivity index (χ0n) is 16.7. The predicted molar refractivity (Wildman–Crippen MR) is 112 cm³/mol. The number of hydrogen-bond donors (Lipinski definition) is 1. The van der Waals surface area contributed by atoms with Crippen molar-refractivity contribution in [3.8, 4) is 0 Å². The number of nitrogens with one attached hydrogen (secondary N) is 1. The Bertz CT molecular complexity index is 867. The second kappa shape index (κ2) is 9.49. The number of nitrogens with zero attached hydrogens (tertiary/aromatic N) is 3. The molecule has 0 unspecified atom stereocenters. The lowest BCUT2D eigenvalue weighted by Crippen LogP contribution is -2.40. The van der Waals surface area contributed by atoms with Gasteiger partial charge in [-0.15, -0.1) is 0 Å². The number of ether oxygens (including phenoxy) is 1. The number of nitro groups is 1. The lowest BCUT2D eigenvalue weighted by molar-refractivity contribution is -0.383. The number of nitro benzene ring substituents is 1. The highest BCUT2D eigenvalue weighted by molar-refractivity contribution is 5.96. The van der Waals surface area contributed by atoms with Gasteiger partial charge in [-0.3, -0.25) is 19.8 Å². The number of benzene rings is 2. The van der Waals surface area contributed by atoms with Crippen LogP contribution in [0.2, 0.25) is 0 Å². The lowest BCUT2D eigenvalue weighted by Gasteiger charge is -2.32. The quantitative estimate of drug-likeness (QED) is 0.570. The summed E-state index contributed by atoms with van der Waals surface area (Å²) in [5.41, 5.74) is 2.36. The summed E-state index contributed by atoms with van der Waals surface area (Å²) in [4.78, 5) is 27.6. The van der Waals surface area contributed by atoms with Gasteiger partial charge in [0.15, 0.2) is 0 Å². The SMILES string of the molecule is C[C@@H](C(=O)Nc1ccccc1[N+](=O)[O-])N(C)Cc1ccccc1N1CCOCC1. The first-order chi connectivity index (χ1) is 14.0. The van der Waals surface area contributed by atoms with Gasteiger partial charge in [0.1, 0.15) is 5.69 Å². The number of rotatable bonds is 7. The van der Waals surface area contributed by atoms with Crippen LogP contribution in [0.15, 0.2) is 48.5 Å². The smallest absolute Gasteiger partial charge is 0.292 e. The third-order valence-electron chi connectivity index (χ3n) is 5.16. The van der Waals surface area contributed by atoms with E-state index in [4.69, 9.17) is 4.74 Å². The maximum atomic E-state index is 12.7. The van der Waals surface area contributed by atoms with Crippen LogP contribution in [0.25, 0.3) is 0 Å². The molecule has 2 aromatic rings. The van der Waals surface area contributed by atoms with Crippen molar-refractivity contribution in [1.29, 1.82) is 0 Å². The second-order valence-electron chi connectivity index (χ2n) is 7.08. The van der Waals surface area contributed by atoms with Crippen molar-refractivity contribution in [3.05, 3.63) is 64.2 Å². The minimum atomic E-state index is -0.497. The first-order valence-corrected chi connectivity index (χ1v) is 9.62. The van der Waals surface area contributed by atoms with Crippen molar-refractivity contribution in [3.63, 3.8) is 0 Å². The second-order valence-corrected chi connectivity index (χ2v) is 7.08. The Kier molecular flexibility index (Phi) is 6.79. The monoisotopic (exact) mass is 398 g/mol. The van der Waals surface area contributed by atoms with Crippen LogP contribution in [-0.4, -0.2) is 55.1 Å². The molecule has 29 heavy (non-hydrogen) atoms. The normalized spacial score (nSPS) is 15.2. The Hall–Kier alpha value is -2.97. The van der Waals surface area contributed by atoms with E-state index in [2.05, 4.69) is 22.3 Å². The first kappa shape index (κ1) is 20.8. The highest BCUT2D eigenvalue weighted by Gasteiger charge is 2.23. The number of anilines is 2. The van der Waals surface area contributed by atoms with Crippen molar-refractivity contribution in [2.45, 2.75) is 19.5 Å². The van der Waals surface area contributed by atoms with E-state index < -0.39 is 11.0 Å². The number of hydrogen-bond acceptors (Lipinski definition) is 6. The van der Waals surface area contributed by atoms with E-state index in [0.29, 0.717) is 19.8 Å². The number of amides is 1. The molecule has 1 amide bonds. The van der Waals surface area contributed by atoms with Gasteiger partial charge in [0.2, 0.25) is 5.91 Å². The predicted octanol–water partition coefficient (Wildman–Crippen LogP) is 2.89. The molecule has 0 saturated carbocycles. The van der Waals surface area contributed by atoms with Gasteiger partial charge in [-0.25, -0.2) is 0 Å². The van der Waals surface area contributed by atoms with Crippen LogP contribution >= 0.6 is 0 Å². The summed E-state index contributed by atoms with van der Waals surface area (Å²) in [6.45, 7) is 5.47.